The van der Waals surface area contributed by atoms with Crippen LogP contribution in [0.2, 0.25) is 0 Å². The fourth-order valence-electron chi connectivity index (χ4n) is 2.39. The monoisotopic (exact) mass is 279 g/mol. The van der Waals surface area contributed by atoms with Crippen molar-refractivity contribution < 1.29 is 9.18 Å². The average Bonchev–Trinajstić information content (AvgIpc) is 2.46. The number of hydrogen-bond acceptors (Lipinski definition) is 3. The van der Waals surface area contributed by atoms with Crippen LogP contribution in [0.3, 0.4) is 0 Å². The van der Waals surface area contributed by atoms with Crippen molar-refractivity contribution >= 4 is 5.91 Å². The summed E-state index contributed by atoms with van der Waals surface area (Å²) in [6, 6.07) is 6.44. The summed E-state index contributed by atoms with van der Waals surface area (Å²) in [4.78, 5) is 16.2. The minimum Gasteiger partial charge on any atom is -0.338 e. The van der Waals surface area contributed by atoms with Crippen LogP contribution in [-0.4, -0.2) is 55.0 Å². The molecule has 0 unspecified atom stereocenters. The van der Waals surface area contributed by atoms with Gasteiger partial charge in [-0.1, -0.05) is 12.1 Å². The van der Waals surface area contributed by atoms with Crippen molar-refractivity contribution in [3.05, 3.63) is 35.6 Å². The number of hydrogen-bond donors (Lipinski definition) is 1. The predicted octanol–water partition coefficient (Wildman–Crippen LogP) is 1.08. The Labute approximate surface area is 119 Å². The number of carbonyl (C=O) groups excluding carboxylic acids is 1. The third kappa shape index (κ3) is 4.28. The van der Waals surface area contributed by atoms with Crippen LogP contribution >= 0.6 is 0 Å². The fourth-order valence-corrected chi connectivity index (χ4v) is 2.39. The summed E-state index contributed by atoms with van der Waals surface area (Å²) < 4.78 is 13.2. The summed E-state index contributed by atoms with van der Waals surface area (Å²) in [6.45, 7) is 7.19. The first-order valence-corrected chi connectivity index (χ1v) is 7.14. The number of amides is 1. The maximum Gasteiger partial charge on any atom is 0.237 e. The highest BCUT2D eigenvalue weighted by atomic mass is 19.1. The third-order valence-corrected chi connectivity index (χ3v) is 3.57. The molecule has 0 aliphatic carbocycles. The highest BCUT2D eigenvalue weighted by Gasteiger charge is 2.18. The van der Waals surface area contributed by atoms with E-state index in [1.165, 1.54) is 12.1 Å². The molecule has 1 aromatic carbocycles. The molecule has 1 aromatic rings. The Balaban J connectivity index is 1.91. The molecule has 0 saturated carbocycles. The van der Waals surface area contributed by atoms with Gasteiger partial charge in [-0.2, -0.15) is 0 Å². The number of benzene rings is 1. The van der Waals surface area contributed by atoms with Gasteiger partial charge in [-0.25, -0.2) is 4.39 Å². The molecule has 5 heteroatoms. The maximum atomic E-state index is 13.2. The molecule has 20 heavy (non-hydrogen) atoms. The average molecular weight is 279 g/mol. The Morgan fingerprint density at radius 3 is 2.80 bits per heavy atom. The molecule has 110 valence electrons. The van der Waals surface area contributed by atoms with E-state index in [0.29, 0.717) is 19.6 Å². The Morgan fingerprint density at radius 2 is 2.15 bits per heavy atom. The highest BCUT2D eigenvalue weighted by molar-refractivity contribution is 5.78. The van der Waals surface area contributed by atoms with Gasteiger partial charge in [0.2, 0.25) is 5.91 Å². The van der Waals surface area contributed by atoms with Gasteiger partial charge in [-0.15, -0.1) is 0 Å². The first-order chi connectivity index (χ1) is 9.69. The zero-order valence-corrected chi connectivity index (χ0v) is 11.9. The van der Waals surface area contributed by atoms with Crippen LogP contribution in [0.5, 0.6) is 0 Å². The Morgan fingerprint density at radius 1 is 1.40 bits per heavy atom. The fraction of sp³-hybridized carbons (Fsp3) is 0.533. The molecule has 0 radical (unpaired) electrons. The lowest BCUT2D eigenvalue weighted by atomic mass is 10.2. The molecule has 4 nitrogen and oxygen atoms in total. The number of nitrogens with zero attached hydrogens (tertiary/aromatic N) is 2. The molecule has 0 spiro atoms. The third-order valence-electron chi connectivity index (χ3n) is 3.57. The normalized spacial score (nSPS) is 16.1. The van der Waals surface area contributed by atoms with Crippen LogP contribution in [-0.2, 0) is 11.3 Å². The Hall–Kier alpha value is -1.46. The Kier molecular flexibility index (Phi) is 5.49. The van der Waals surface area contributed by atoms with Gasteiger partial charge in [-0.05, 0) is 24.6 Å². The summed E-state index contributed by atoms with van der Waals surface area (Å²) in [5.41, 5.74) is 0.834. The lowest BCUT2D eigenvalue weighted by Crippen LogP contribution is -2.48. The second-order valence-corrected chi connectivity index (χ2v) is 5.06. The van der Waals surface area contributed by atoms with E-state index in [1.54, 1.807) is 11.0 Å². The molecule has 1 aliphatic heterocycles. The van der Waals surface area contributed by atoms with E-state index in [0.717, 1.165) is 31.7 Å². The van der Waals surface area contributed by atoms with Crippen molar-refractivity contribution in [2.24, 2.45) is 0 Å². The van der Waals surface area contributed by atoms with Crippen LogP contribution in [0.15, 0.2) is 24.3 Å². The molecule has 1 N–H and O–H groups in total. The molecule has 1 saturated heterocycles. The summed E-state index contributed by atoms with van der Waals surface area (Å²) in [5.74, 6) is -0.147. The van der Waals surface area contributed by atoms with E-state index in [4.69, 9.17) is 0 Å². The van der Waals surface area contributed by atoms with Crippen LogP contribution < -0.4 is 5.32 Å². The van der Waals surface area contributed by atoms with Gasteiger partial charge in [-0.3, -0.25) is 9.69 Å². The quantitative estimate of drug-likeness (QED) is 0.876. The second-order valence-electron chi connectivity index (χ2n) is 5.06. The van der Waals surface area contributed by atoms with Crippen molar-refractivity contribution in [1.29, 1.82) is 0 Å². The van der Waals surface area contributed by atoms with Gasteiger partial charge in [0.1, 0.15) is 5.82 Å². The maximum absolute atomic E-state index is 13.2. The lowest BCUT2D eigenvalue weighted by molar-refractivity contribution is -0.133. The van der Waals surface area contributed by atoms with Crippen LogP contribution in [0, 0.1) is 5.82 Å². The van der Waals surface area contributed by atoms with E-state index in [9.17, 15) is 9.18 Å². The van der Waals surface area contributed by atoms with E-state index in [2.05, 4.69) is 10.2 Å². The minimum atomic E-state index is -0.256. The standard InChI is InChI=1S/C15H22FN3O/c1-2-19(11-13-4-3-5-14(16)10-13)15(20)12-18-8-6-17-7-9-18/h3-5,10,17H,2,6-9,11-12H2,1H3. The molecule has 1 amide bonds. The van der Waals surface area contributed by atoms with Gasteiger partial charge in [0, 0.05) is 39.3 Å². The number of piperazine rings is 1. The van der Waals surface area contributed by atoms with E-state index in [-0.39, 0.29) is 11.7 Å². The van der Waals surface area contributed by atoms with Gasteiger partial charge >= 0.3 is 0 Å². The van der Waals surface area contributed by atoms with Crippen LogP contribution in [0.4, 0.5) is 4.39 Å². The largest absolute Gasteiger partial charge is 0.338 e. The zero-order chi connectivity index (χ0) is 14.4. The number of nitrogens with one attached hydrogen (secondary N) is 1. The zero-order valence-electron chi connectivity index (χ0n) is 11.9. The summed E-state index contributed by atoms with van der Waals surface area (Å²) in [5, 5.41) is 3.27. The van der Waals surface area contributed by atoms with Gasteiger partial charge in [0.05, 0.1) is 6.54 Å². The first-order valence-electron chi connectivity index (χ1n) is 7.14. The van der Waals surface area contributed by atoms with E-state index >= 15 is 0 Å². The Bertz CT molecular complexity index is 446. The molecule has 2 rings (SSSR count). The number of halogens is 1. The molecule has 0 aromatic heterocycles. The minimum absolute atomic E-state index is 0.110. The van der Waals surface area contributed by atoms with E-state index in [1.807, 2.05) is 13.0 Å². The van der Waals surface area contributed by atoms with E-state index < -0.39 is 0 Å². The van der Waals surface area contributed by atoms with Crippen LogP contribution in [0.1, 0.15) is 12.5 Å². The number of likely N-dealkylation sites (N-methyl/N-ethyl adjacent to an activating group) is 1. The van der Waals surface area contributed by atoms with Crippen molar-refractivity contribution in [3.63, 3.8) is 0 Å². The van der Waals surface area contributed by atoms with Crippen molar-refractivity contribution in [2.75, 3.05) is 39.3 Å². The molecule has 1 aliphatic rings. The molecule has 0 bridgehead atoms. The molecule has 0 atom stereocenters. The number of carbonyl (C=O) groups is 1. The molecular formula is C15H22FN3O. The van der Waals surface area contributed by atoms with Crippen molar-refractivity contribution in [3.8, 4) is 0 Å². The van der Waals surface area contributed by atoms with Gasteiger partial charge in [0.15, 0.2) is 0 Å². The number of rotatable bonds is 5. The molecule has 1 heterocycles. The smallest absolute Gasteiger partial charge is 0.237 e. The first kappa shape index (κ1) is 14.9. The second kappa shape index (κ2) is 7.36. The lowest BCUT2D eigenvalue weighted by Gasteiger charge is -2.29. The summed E-state index contributed by atoms with van der Waals surface area (Å²) in [6.07, 6.45) is 0. The van der Waals surface area contributed by atoms with Crippen molar-refractivity contribution in [1.82, 2.24) is 15.1 Å². The van der Waals surface area contributed by atoms with Gasteiger partial charge in [0.25, 0.3) is 0 Å². The molecular weight excluding hydrogens is 257 g/mol. The molecule has 1 fully saturated rings. The van der Waals surface area contributed by atoms with Crippen molar-refractivity contribution in [2.45, 2.75) is 13.5 Å². The summed E-state index contributed by atoms with van der Waals surface area (Å²) in [7, 11) is 0. The summed E-state index contributed by atoms with van der Waals surface area (Å²) >= 11 is 0. The van der Waals surface area contributed by atoms with Crippen LogP contribution in [0.25, 0.3) is 0 Å². The SMILES string of the molecule is CCN(Cc1cccc(F)c1)C(=O)CN1CCNCC1. The van der Waals surface area contributed by atoms with Gasteiger partial charge < -0.3 is 10.2 Å². The highest BCUT2D eigenvalue weighted by Crippen LogP contribution is 2.08. The topological polar surface area (TPSA) is 35.6 Å². The predicted molar refractivity (Wildman–Crippen MR) is 76.8 cm³/mol.